The van der Waals surface area contributed by atoms with Crippen molar-refractivity contribution in [2.75, 3.05) is 0 Å². The lowest BCUT2D eigenvalue weighted by atomic mass is 10.0. The van der Waals surface area contributed by atoms with Crippen LogP contribution in [-0.2, 0) is 9.59 Å². The molecule has 0 spiro atoms. The molecule has 0 saturated carbocycles. The molecule has 2 atom stereocenters. The van der Waals surface area contributed by atoms with E-state index in [0.717, 1.165) is 25.7 Å². The SMILES string of the molecule is CCCCCCCCCCCCCC(O)CC(=O)O.CCCCCCCCCCCCCCCCC(O)C(=O)O. The standard InChI is InChI=1S/C18H36O3.C16H32O3/c1-2-3-4-5-6-7-8-9-10-11-12-13-14-15-16-17(19)18(20)21;1-2-3-4-5-6-7-8-9-10-11-12-13-15(17)14-16(18)19/h17,19H,2-16H2,1H3,(H,20,21);15,17H,2-14H2,1H3,(H,18,19). The molecule has 0 heterocycles. The molecule has 0 amide bonds. The molecule has 0 aliphatic heterocycles. The van der Waals surface area contributed by atoms with Gasteiger partial charge in [-0.05, 0) is 12.8 Å². The first-order valence-corrected chi connectivity index (χ1v) is 17.2. The van der Waals surface area contributed by atoms with Crippen molar-refractivity contribution in [3.8, 4) is 0 Å². The Hall–Kier alpha value is -1.14. The number of rotatable bonds is 30. The molecule has 0 aliphatic rings. The third-order valence-corrected chi connectivity index (χ3v) is 7.67. The third kappa shape index (κ3) is 36.9. The van der Waals surface area contributed by atoms with Gasteiger partial charge in [0, 0.05) is 0 Å². The van der Waals surface area contributed by atoms with Crippen LogP contribution in [0.1, 0.15) is 194 Å². The highest BCUT2D eigenvalue weighted by atomic mass is 16.4. The lowest BCUT2D eigenvalue weighted by Gasteiger charge is -2.07. The summed E-state index contributed by atoms with van der Waals surface area (Å²) in [5.74, 6) is -2.00. The van der Waals surface area contributed by atoms with Crippen molar-refractivity contribution >= 4 is 11.9 Å². The van der Waals surface area contributed by atoms with Crippen LogP contribution in [-0.4, -0.2) is 44.6 Å². The summed E-state index contributed by atoms with van der Waals surface area (Å²) in [4.78, 5) is 20.8. The fourth-order valence-corrected chi connectivity index (χ4v) is 5.00. The van der Waals surface area contributed by atoms with E-state index in [0.29, 0.717) is 12.8 Å². The van der Waals surface area contributed by atoms with Gasteiger partial charge in [-0.25, -0.2) is 4.79 Å². The molecule has 6 nitrogen and oxygen atoms in total. The number of aliphatic carboxylic acids is 2. The van der Waals surface area contributed by atoms with Gasteiger partial charge >= 0.3 is 11.9 Å². The Balaban J connectivity index is 0. The van der Waals surface area contributed by atoms with Crippen LogP contribution >= 0.6 is 0 Å². The van der Waals surface area contributed by atoms with Crippen LogP contribution in [0.5, 0.6) is 0 Å². The first-order chi connectivity index (χ1) is 19.3. The maximum absolute atomic E-state index is 10.4. The van der Waals surface area contributed by atoms with Crippen LogP contribution < -0.4 is 0 Å². The summed E-state index contributed by atoms with van der Waals surface area (Å²) in [6, 6.07) is 0. The number of carbonyl (C=O) groups is 2. The predicted octanol–water partition coefficient (Wildman–Crippen LogP) is 9.83. The fourth-order valence-electron chi connectivity index (χ4n) is 5.00. The Morgan fingerprint density at radius 1 is 0.450 bits per heavy atom. The number of aliphatic hydroxyl groups excluding tert-OH is 2. The summed E-state index contributed by atoms with van der Waals surface area (Å²) in [5, 5.41) is 35.5. The molecule has 0 aromatic heterocycles. The summed E-state index contributed by atoms with van der Waals surface area (Å²) in [6.07, 6.45) is 31.2. The summed E-state index contributed by atoms with van der Waals surface area (Å²) < 4.78 is 0. The second kappa shape index (κ2) is 34.1. The van der Waals surface area contributed by atoms with Gasteiger partial charge in [-0.15, -0.1) is 0 Å². The zero-order valence-electron chi connectivity index (χ0n) is 26.6. The second-order valence-electron chi connectivity index (χ2n) is 11.8. The maximum atomic E-state index is 10.4. The van der Waals surface area contributed by atoms with Gasteiger partial charge in [0.1, 0.15) is 0 Å². The van der Waals surface area contributed by atoms with Gasteiger partial charge in [-0.2, -0.15) is 0 Å². The molecule has 6 heteroatoms. The highest BCUT2D eigenvalue weighted by Crippen LogP contribution is 2.15. The lowest BCUT2D eigenvalue weighted by molar-refractivity contribution is -0.147. The summed E-state index contributed by atoms with van der Waals surface area (Å²) in [5.41, 5.74) is 0. The van der Waals surface area contributed by atoms with Gasteiger partial charge in [-0.3, -0.25) is 4.79 Å². The van der Waals surface area contributed by atoms with Crippen LogP contribution in [0.4, 0.5) is 0 Å². The summed E-state index contributed by atoms with van der Waals surface area (Å²) in [6.45, 7) is 4.50. The van der Waals surface area contributed by atoms with E-state index in [1.165, 1.54) is 135 Å². The molecule has 0 rings (SSSR count). The Bertz CT molecular complexity index is 525. The van der Waals surface area contributed by atoms with E-state index in [-0.39, 0.29) is 6.42 Å². The average molecular weight is 573 g/mol. The molecule has 0 bridgehead atoms. The largest absolute Gasteiger partial charge is 0.481 e. The molecular weight excluding hydrogens is 504 g/mol. The number of hydrogen-bond acceptors (Lipinski definition) is 4. The van der Waals surface area contributed by atoms with Crippen molar-refractivity contribution in [3.05, 3.63) is 0 Å². The topological polar surface area (TPSA) is 115 Å². The van der Waals surface area contributed by atoms with E-state index in [1.54, 1.807) is 0 Å². The predicted molar refractivity (Wildman–Crippen MR) is 168 cm³/mol. The zero-order chi connectivity index (χ0) is 30.1. The highest BCUT2D eigenvalue weighted by molar-refractivity contribution is 5.71. The van der Waals surface area contributed by atoms with Crippen LogP contribution in [0, 0.1) is 0 Å². The van der Waals surface area contributed by atoms with Crippen LogP contribution in [0.3, 0.4) is 0 Å². The Morgan fingerprint density at radius 2 is 0.725 bits per heavy atom. The quantitative estimate of drug-likeness (QED) is 0.0637. The minimum Gasteiger partial charge on any atom is -0.481 e. The lowest BCUT2D eigenvalue weighted by Crippen LogP contribution is -2.18. The molecule has 2 unspecified atom stereocenters. The first-order valence-electron chi connectivity index (χ1n) is 17.2. The Morgan fingerprint density at radius 3 is 1.00 bits per heavy atom. The monoisotopic (exact) mass is 573 g/mol. The first kappa shape index (κ1) is 41.0. The zero-order valence-corrected chi connectivity index (χ0v) is 26.6. The summed E-state index contributed by atoms with van der Waals surface area (Å²) in [7, 11) is 0. The van der Waals surface area contributed by atoms with Gasteiger partial charge in [-0.1, -0.05) is 174 Å². The number of carboxylic acids is 2. The van der Waals surface area contributed by atoms with E-state index in [9.17, 15) is 14.7 Å². The Kier molecular flexibility index (Phi) is 34.9. The number of carboxylic acid groups (broad SMARTS) is 2. The molecule has 0 saturated heterocycles. The number of unbranched alkanes of at least 4 members (excludes halogenated alkanes) is 23. The average Bonchev–Trinajstić information content (AvgIpc) is 2.91. The van der Waals surface area contributed by atoms with Crippen molar-refractivity contribution in [1.29, 1.82) is 0 Å². The summed E-state index contributed by atoms with van der Waals surface area (Å²) >= 11 is 0. The van der Waals surface area contributed by atoms with Crippen molar-refractivity contribution < 1.29 is 30.0 Å². The van der Waals surface area contributed by atoms with Crippen LogP contribution in [0.15, 0.2) is 0 Å². The van der Waals surface area contributed by atoms with Gasteiger partial charge in [0.2, 0.25) is 0 Å². The molecule has 0 radical (unpaired) electrons. The van der Waals surface area contributed by atoms with E-state index in [4.69, 9.17) is 15.3 Å². The molecule has 4 N–H and O–H groups in total. The van der Waals surface area contributed by atoms with Crippen molar-refractivity contribution in [3.63, 3.8) is 0 Å². The fraction of sp³-hybridized carbons (Fsp3) is 0.941. The second-order valence-corrected chi connectivity index (χ2v) is 11.8. The van der Waals surface area contributed by atoms with E-state index >= 15 is 0 Å². The minimum absolute atomic E-state index is 0.113. The minimum atomic E-state index is -1.16. The molecule has 0 fully saturated rings. The maximum Gasteiger partial charge on any atom is 0.332 e. The van der Waals surface area contributed by atoms with Gasteiger partial charge in [0.25, 0.3) is 0 Å². The van der Waals surface area contributed by atoms with E-state index in [2.05, 4.69) is 13.8 Å². The van der Waals surface area contributed by atoms with Crippen molar-refractivity contribution in [1.82, 2.24) is 0 Å². The van der Waals surface area contributed by atoms with Crippen LogP contribution in [0.25, 0.3) is 0 Å². The van der Waals surface area contributed by atoms with Crippen molar-refractivity contribution in [2.45, 2.75) is 206 Å². The van der Waals surface area contributed by atoms with Crippen molar-refractivity contribution in [2.24, 2.45) is 0 Å². The third-order valence-electron chi connectivity index (χ3n) is 7.67. The molecule has 240 valence electrons. The molecule has 0 aromatic carbocycles. The van der Waals surface area contributed by atoms with E-state index in [1.807, 2.05) is 0 Å². The molecule has 0 aromatic rings. The molecule has 0 aliphatic carbocycles. The van der Waals surface area contributed by atoms with Crippen LogP contribution in [0.2, 0.25) is 0 Å². The highest BCUT2D eigenvalue weighted by Gasteiger charge is 2.11. The van der Waals surface area contributed by atoms with Gasteiger partial charge in [0.05, 0.1) is 12.5 Å². The molecular formula is C34H68O6. The van der Waals surface area contributed by atoms with E-state index < -0.39 is 24.1 Å². The number of hydrogen-bond donors (Lipinski definition) is 4. The molecule has 40 heavy (non-hydrogen) atoms. The normalized spacial score (nSPS) is 12.5. The smallest absolute Gasteiger partial charge is 0.332 e. The number of aliphatic hydroxyl groups is 2. The van der Waals surface area contributed by atoms with Gasteiger partial charge < -0.3 is 20.4 Å². The van der Waals surface area contributed by atoms with Gasteiger partial charge in [0.15, 0.2) is 6.10 Å². The Labute approximate surface area is 247 Å².